The van der Waals surface area contributed by atoms with Crippen molar-refractivity contribution >= 4 is 11.9 Å². The van der Waals surface area contributed by atoms with Crippen LogP contribution in [-0.4, -0.2) is 117 Å². The normalized spacial score (nSPS) is 31.9. The van der Waals surface area contributed by atoms with Crippen molar-refractivity contribution in [2.75, 3.05) is 13.2 Å². The molecule has 0 aliphatic carbocycles. The molecule has 2 saturated heterocycles. The van der Waals surface area contributed by atoms with E-state index < -0.39 is 86.6 Å². The largest absolute Gasteiger partial charge is 0.457 e. The van der Waals surface area contributed by atoms with Crippen molar-refractivity contribution in [1.82, 2.24) is 0 Å². The maximum atomic E-state index is 12.4. The molecule has 0 bridgehead atoms. The van der Waals surface area contributed by atoms with Crippen LogP contribution in [0.5, 0.6) is 0 Å². The molecule has 264 valence electrons. The highest BCUT2D eigenvalue weighted by atomic mass is 16.8. The van der Waals surface area contributed by atoms with Gasteiger partial charge in [0.05, 0.1) is 13.2 Å². The lowest BCUT2D eigenvalue weighted by Gasteiger charge is -2.45. The number of aliphatic hydroxyl groups is 6. The Morgan fingerprint density at radius 1 is 0.533 bits per heavy atom. The average Bonchev–Trinajstić information content (AvgIpc) is 3.03. The first-order valence-corrected chi connectivity index (χ1v) is 17.0. The van der Waals surface area contributed by atoms with Crippen molar-refractivity contribution in [3.8, 4) is 0 Å². The Morgan fingerprint density at radius 2 is 0.867 bits per heavy atom. The summed E-state index contributed by atoms with van der Waals surface area (Å²) in [5.41, 5.74) is 0. The molecule has 0 radical (unpaired) electrons. The van der Waals surface area contributed by atoms with E-state index >= 15 is 0 Å². The minimum atomic E-state index is -1.79. The van der Waals surface area contributed by atoms with Crippen molar-refractivity contribution in [3.05, 3.63) is 0 Å². The van der Waals surface area contributed by atoms with E-state index in [1.807, 2.05) is 0 Å². The second-order valence-electron chi connectivity index (χ2n) is 12.2. The summed E-state index contributed by atoms with van der Waals surface area (Å²) in [7, 11) is 0. The predicted molar refractivity (Wildman–Crippen MR) is 162 cm³/mol. The number of hydrogen-bond donors (Lipinski definition) is 6. The Balaban J connectivity index is 1.86. The Hall–Kier alpha value is -1.42. The van der Waals surface area contributed by atoms with Crippen LogP contribution in [-0.2, 0) is 33.3 Å². The van der Waals surface area contributed by atoms with E-state index in [0.29, 0.717) is 12.8 Å². The Kier molecular flexibility index (Phi) is 19.6. The van der Waals surface area contributed by atoms with Gasteiger partial charge in [-0.15, -0.1) is 0 Å². The molecule has 0 aromatic heterocycles. The predicted octanol–water partition coefficient (Wildman–Crippen LogP) is 1.99. The van der Waals surface area contributed by atoms with Crippen LogP contribution in [0.4, 0.5) is 0 Å². The summed E-state index contributed by atoms with van der Waals surface area (Å²) < 4.78 is 27.4. The van der Waals surface area contributed by atoms with Gasteiger partial charge >= 0.3 is 11.9 Å². The number of rotatable bonds is 22. The van der Waals surface area contributed by atoms with Crippen molar-refractivity contribution in [1.29, 1.82) is 0 Å². The van der Waals surface area contributed by atoms with Gasteiger partial charge in [-0.05, 0) is 12.8 Å². The molecule has 2 fully saturated rings. The highest BCUT2D eigenvalue weighted by Gasteiger charge is 2.52. The van der Waals surface area contributed by atoms with Gasteiger partial charge in [0, 0.05) is 12.8 Å². The monoisotopic (exact) mass is 650 g/mol. The smallest absolute Gasteiger partial charge is 0.306 e. The Bertz CT molecular complexity index is 746. The lowest BCUT2D eigenvalue weighted by atomic mass is 9.97. The van der Waals surface area contributed by atoms with E-state index in [0.717, 1.165) is 64.2 Å². The first-order valence-electron chi connectivity index (χ1n) is 17.0. The third-order valence-electron chi connectivity index (χ3n) is 8.41. The van der Waals surface area contributed by atoms with Gasteiger partial charge < -0.3 is 54.3 Å². The van der Waals surface area contributed by atoms with Gasteiger partial charge in [-0.3, -0.25) is 9.59 Å². The summed E-state index contributed by atoms with van der Waals surface area (Å²) in [4.78, 5) is 24.8. The van der Waals surface area contributed by atoms with Crippen molar-refractivity contribution < 1.29 is 63.9 Å². The molecule has 0 aromatic carbocycles. The fourth-order valence-electron chi connectivity index (χ4n) is 5.63. The minimum absolute atomic E-state index is 0.110. The summed E-state index contributed by atoms with van der Waals surface area (Å²) in [6.07, 6.45) is -1.33. The molecule has 2 rings (SSSR count). The topological polar surface area (TPSA) is 202 Å². The molecular formula is C32H58O13. The number of ether oxygens (including phenoxy) is 5. The van der Waals surface area contributed by atoms with Crippen LogP contribution in [0.15, 0.2) is 0 Å². The quantitative estimate of drug-likeness (QED) is 0.0734. The highest BCUT2D eigenvalue weighted by Crippen LogP contribution is 2.30. The summed E-state index contributed by atoms with van der Waals surface area (Å²) in [5, 5.41) is 62.6. The van der Waals surface area contributed by atoms with E-state index in [1.165, 1.54) is 12.8 Å². The SMILES string of the molecule is CCCCCCCCCC(=O)O[C@H]1[C@H](O)[C@@H](O)[C@@H](O[C@H]2O[C@H](CO)[C@@H](OC(=O)CCCCCCCCC)[C@H](O)[C@H]2O)O[C@@H]1CO. The molecule has 13 heteroatoms. The molecule has 2 aliphatic rings. The molecular weight excluding hydrogens is 592 g/mol. The van der Waals surface area contributed by atoms with Crippen LogP contribution in [0.2, 0.25) is 0 Å². The Morgan fingerprint density at radius 3 is 1.20 bits per heavy atom. The van der Waals surface area contributed by atoms with Gasteiger partial charge in [-0.2, -0.15) is 0 Å². The average molecular weight is 651 g/mol. The Labute approximate surface area is 267 Å². The number of hydrogen-bond acceptors (Lipinski definition) is 13. The van der Waals surface area contributed by atoms with Gasteiger partial charge in [0.2, 0.25) is 0 Å². The summed E-state index contributed by atoms with van der Waals surface area (Å²) in [6, 6.07) is 0. The van der Waals surface area contributed by atoms with Crippen LogP contribution in [0.3, 0.4) is 0 Å². The van der Waals surface area contributed by atoms with Crippen molar-refractivity contribution in [2.45, 2.75) is 178 Å². The lowest BCUT2D eigenvalue weighted by molar-refractivity contribution is -0.376. The summed E-state index contributed by atoms with van der Waals surface area (Å²) >= 11 is 0. The summed E-state index contributed by atoms with van der Waals surface area (Å²) in [5.74, 6) is -1.21. The van der Waals surface area contributed by atoms with Crippen LogP contribution >= 0.6 is 0 Å². The van der Waals surface area contributed by atoms with E-state index in [2.05, 4.69) is 13.8 Å². The molecule has 45 heavy (non-hydrogen) atoms. The first-order chi connectivity index (χ1) is 21.7. The molecule has 2 heterocycles. The van der Waals surface area contributed by atoms with Gasteiger partial charge in [0.1, 0.15) is 36.6 Å². The molecule has 0 unspecified atom stereocenters. The molecule has 0 amide bonds. The zero-order chi connectivity index (χ0) is 33.2. The highest BCUT2D eigenvalue weighted by molar-refractivity contribution is 5.70. The first kappa shape index (κ1) is 39.8. The van der Waals surface area contributed by atoms with E-state index in [-0.39, 0.29) is 12.8 Å². The van der Waals surface area contributed by atoms with E-state index in [9.17, 15) is 40.2 Å². The molecule has 0 aromatic rings. The number of carbonyl (C=O) groups excluding carboxylic acids is 2. The maximum absolute atomic E-state index is 12.4. The molecule has 13 nitrogen and oxygen atoms in total. The number of unbranched alkanes of at least 4 members (excludes halogenated alkanes) is 12. The van der Waals surface area contributed by atoms with Crippen molar-refractivity contribution in [3.63, 3.8) is 0 Å². The number of carbonyl (C=O) groups is 2. The zero-order valence-corrected chi connectivity index (χ0v) is 27.0. The van der Waals surface area contributed by atoms with E-state index in [4.69, 9.17) is 23.7 Å². The van der Waals surface area contributed by atoms with Crippen LogP contribution in [0.25, 0.3) is 0 Å². The van der Waals surface area contributed by atoms with E-state index in [1.54, 1.807) is 0 Å². The number of aliphatic hydroxyl groups excluding tert-OH is 6. The standard InChI is InChI=1S/C32H58O13/c1-3-5-7-9-11-13-15-17-23(35)43-29-21(19-33)41-31(27(39)25(29)37)45-32-28(40)26(38)30(22(20-34)42-32)44-24(36)18-16-14-12-10-8-6-4-2/h21-22,25-34,37-40H,3-20H2,1-2H3/t21-,22-,25-,26-,27-,28-,29-,30-,31-,32-/m1/s1. The zero-order valence-electron chi connectivity index (χ0n) is 27.0. The number of esters is 2. The fourth-order valence-corrected chi connectivity index (χ4v) is 5.63. The summed E-state index contributed by atoms with van der Waals surface area (Å²) in [6.45, 7) is 2.91. The van der Waals surface area contributed by atoms with Crippen molar-refractivity contribution in [2.24, 2.45) is 0 Å². The minimum Gasteiger partial charge on any atom is -0.457 e. The third-order valence-corrected chi connectivity index (χ3v) is 8.41. The molecule has 0 saturated carbocycles. The molecule has 0 spiro atoms. The van der Waals surface area contributed by atoms with Gasteiger partial charge in [-0.1, -0.05) is 90.9 Å². The van der Waals surface area contributed by atoms with Gasteiger partial charge in [0.15, 0.2) is 24.8 Å². The maximum Gasteiger partial charge on any atom is 0.306 e. The van der Waals surface area contributed by atoms with Gasteiger partial charge in [-0.25, -0.2) is 0 Å². The second kappa shape index (κ2) is 22.2. The third kappa shape index (κ3) is 13.3. The fraction of sp³-hybridized carbons (Fsp3) is 0.938. The van der Waals surface area contributed by atoms with Crippen LogP contribution in [0.1, 0.15) is 117 Å². The van der Waals surface area contributed by atoms with Crippen LogP contribution in [0, 0.1) is 0 Å². The molecule has 2 aliphatic heterocycles. The molecule has 6 N–H and O–H groups in total. The van der Waals surface area contributed by atoms with Gasteiger partial charge in [0.25, 0.3) is 0 Å². The molecule has 10 atom stereocenters. The lowest BCUT2D eigenvalue weighted by Crippen LogP contribution is -2.64. The second-order valence-corrected chi connectivity index (χ2v) is 12.2. The van der Waals surface area contributed by atoms with Crippen LogP contribution < -0.4 is 0 Å².